The highest BCUT2D eigenvalue weighted by Gasteiger charge is 2.27. The van der Waals surface area contributed by atoms with Gasteiger partial charge in [-0.1, -0.05) is 64.1 Å². The molecule has 1 amide bonds. The second-order valence-electron chi connectivity index (χ2n) is 8.33. The third kappa shape index (κ3) is 4.15. The first kappa shape index (κ1) is 21.4. The van der Waals surface area contributed by atoms with Crippen molar-refractivity contribution >= 4 is 28.2 Å². The number of amides is 1. The minimum atomic E-state index is -0.660. The number of aromatic amines is 1. The lowest BCUT2D eigenvalue weighted by molar-refractivity contribution is 0.0985. The fraction of sp³-hybridized carbons (Fsp3) is 0.348. The SMILES string of the molecule is CC(C)CN(C(=O)c1cccc2ccccc12)c1c(N)n(CC(C)C)c(=O)[nH]c1=O. The van der Waals surface area contributed by atoms with Crippen LogP contribution in [0.2, 0.25) is 0 Å². The lowest BCUT2D eigenvalue weighted by atomic mass is 10.0. The Morgan fingerprint density at radius 1 is 1.03 bits per heavy atom. The molecule has 0 radical (unpaired) electrons. The van der Waals surface area contributed by atoms with E-state index in [1.807, 2.05) is 64.1 Å². The molecule has 0 spiro atoms. The van der Waals surface area contributed by atoms with E-state index in [1.54, 1.807) is 6.07 Å². The topological polar surface area (TPSA) is 101 Å². The van der Waals surface area contributed by atoms with Gasteiger partial charge in [0.05, 0.1) is 0 Å². The summed E-state index contributed by atoms with van der Waals surface area (Å²) >= 11 is 0. The zero-order chi connectivity index (χ0) is 22.0. The van der Waals surface area contributed by atoms with Crippen LogP contribution in [0, 0.1) is 11.8 Å². The van der Waals surface area contributed by atoms with Crippen LogP contribution < -0.4 is 21.9 Å². The first-order chi connectivity index (χ1) is 14.2. The summed E-state index contributed by atoms with van der Waals surface area (Å²) < 4.78 is 1.32. The molecule has 0 aliphatic rings. The minimum absolute atomic E-state index is 0.00619. The van der Waals surface area contributed by atoms with Crippen LogP contribution in [0.1, 0.15) is 38.1 Å². The number of nitrogens with zero attached hydrogens (tertiary/aromatic N) is 2. The molecule has 0 saturated carbocycles. The number of aromatic nitrogens is 2. The lowest BCUT2D eigenvalue weighted by Gasteiger charge is -2.27. The van der Waals surface area contributed by atoms with E-state index in [9.17, 15) is 14.4 Å². The Balaban J connectivity index is 2.22. The van der Waals surface area contributed by atoms with Crippen LogP contribution in [0.3, 0.4) is 0 Å². The van der Waals surface area contributed by atoms with Crippen molar-refractivity contribution < 1.29 is 4.79 Å². The molecule has 0 saturated heterocycles. The van der Waals surface area contributed by atoms with E-state index in [2.05, 4.69) is 4.98 Å². The van der Waals surface area contributed by atoms with Gasteiger partial charge in [-0.3, -0.25) is 19.1 Å². The Labute approximate surface area is 175 Å². The molecule has 7 nitrogen and oxygen atoms in total. The molecule has 3 rings (SSSR count). The molecular weight excluding hydrogens is 380 g/mol. The number of hydrogen-bond acceptors (Lipinski definition) is 4. The van der Waals surface area contributed by atoms with Crippen molar-refractivity contribution in [3.63, 3.8) is 0 Å². The van der Waals surface area contributed by atoms with Crippen LogP contribution in [-0.2, 0) is 6.54 Å². The lowest BCUT2D eigenvalue weighted by Crippen LogP contribution is -2.43. The van der Waals surface area contributed by atoms with Crippen molar-refractivity contribution in [1.82, 2.24) is 9.55 Å². The molecule has 3 aromatic rings. The minimum Gasteiger partial charge on any atom is -0.383 e. The highest BCUT2D eigenvalue weighted by atomic mass is 16.2. The van der Waals surface area contributed by atoms with Gasteiger partial charge in [0.2, 0.25) is 0 Å². The summed E-state index contributed by atoms with van der Waals surface area (Å²) in [6.07, 6.45) is 0. The van der Waals surface area contributed by atoms with Gasteiger partial charge in [0.15, 0.2) is 5.69 Å². The second-order valence-corrected chi connectivity index (χ2v) is 8.33. The van der Waals surface area contributed by atoms with Crippen LogP contribution >= 0.6 is 0 Å². The monoisotopic (exact) mass is 408 g/mol. The second kappa shape index (κ2) is 8.57. The average Bonchev–Trinajstić information content (AvgIpc) is 2.69. The molecule has 0 bridgehead atoms. The maximum Gasteiger partial charge on any atom is 0.330 e. The van der Waals surface area contributed by atoms with Crippen LogP contribution in [0.4, 0.5) is 11.5 Å². The molecule has 0 aliphatic heterocycles. The molecule has 1 heterocycles. The van der Waals surface area contributed by atoms with Gasteiger partial charge >= 0.3 is 5.69 Å². The Morgan fingerprint density at radius 2 is 1.70 bits per heavy atom. The van der Waals surface area contributed by atoms with E-state index in [0.29, 0.717) is 12.1 Å². The number of anilines is 2. The molecule has 2 aromatic carbocycles. The third-order valence-electron chi connectivity index (χ3n) is 4.84. The van der Waals surface area contributed by atoms with E-state index in [4.69, 9.17) is 5.73 Å². The summed E-state index contributed by atoms with van der Waals surface area (Å²) in [7, 11) is 0. The van der Waals surface area contributed by atoms with E-state index in [1.165, 1.54) is 9.47 Å². The Kier molecular flexibility index (Phi) is 6.10. The Hall–Kier alpha value is -3.35. The maximum absolute atomic E-state index is 13.6. The van der Waals surface area contributed by atoms with Gasteiger partial charge in [-0.15, -0.1) is 0 Å². The third-order valence-corrected chi connectivity index (χ3v) is 4.84. The fourth-order valence-corrected chi connectivity index (χ4v) is 3.58. The quantitative estimate of drug-likeness (QED) is 0.654. The van der Waals surface area contributed by atoms with Crippen LogP contribution in [0.25, 0.3) is 10.8 Å². The number of fused-ring (bicyclic) bond motifs is 1. The van der Waals surface area contributed by atoms with Crippen LogP contribution in [0.15, 0.2) is 52.1 Å². The zero-order valence-corrected chi connectivity index (χ0v) is 17.8. The van der Waals surface area contributed by atoms with E-state index >= 15 is 0 Å². The number of nitrogens with one attached hydrogen (secondary N) is 1. The highest BCUT2D eigenvalue weighted by Crippen LogP contribution is 2.25. The van der Waals surface area contributed by atoms with Gasteiger partial charge in [0.1, 0.15) is 5.82 Å². The van der Waals surface area contributed by atoms with Crippen molar-refractivity contribution in [3.8, 4) is 0 Å². The average molecular weight is 409 g/mol. The van der Waals surface area contributed by atoms with Gasteiger partial charge in [0.25, 0.3) is 11.5 Å². The largest absolute Gasteiger partial charge is 0.383 e. The number of carbonyl (C=O) groups excluding carboxylic acids is 1. The molecule has 0 atom stereocenters. The van der Waals surface area contributed by atoms with E-state index in [-0.39, 0.29) is 35.8 Å². The van der Waals surface area contributed by atoms with Crippen LogP contribution in [0.5, 0.6) is 0 Å². The molecule has 1 aromatic heterocycles. The van der Waals surface area contributed by atoms with E-state index in [0.717, 1.165) is 10.8 Å². The first-order valence-electron chi connectivity index (χ1n) is 10.1. The zero-order valence-electron chi connectivity index (χ0n) is 17.8. The van der Waals surface area contributed by atoms with Crippen molar-refractivity contribution in [2.45, 2.75) is 34.2 Å². The van der Waals surface area contributed by atoms with Gasteiger partial charge in [0, 0.05) is 18.7 Å². The predicted octanol–water partition coefficient (Wildman–Crippen LogP) is 3.23. The first-order valence-corrected chi connectivity index (χ1v) is 10.1. The summed E-state index contributed by atoms with van der Waals surface area (Å²) in [5, 5.41) is 1.73. The number of nitrogen functional groups attached to an aromatic ring is 1. The van der Waals surface area contributed by atoms with Gasteiger partial charge in [-0.2, -0.15) is 0 Å². The van der Waals surface area contributed by atoms with Crippen molar-refractivity contribution in [3.05, 3.63) is 68.9 Å². The van der Waals surface area contributed by atoms with Crippen molar-refractivity contribution in [2.75, 3.05) is 17.2 Å². The van der Waals surface area contributed by atoms with Crippen LogP contribution in [-0.4, -0.2) is 22.0 Å². The predicted molar refractivity (Wildman–Crippen MR) is 121 cm³/mol. The number of rotatable bonds is 6. The number of carbonyl (C=O) groups is 1. The molecular formula is C23H28N4O3. The van der Waals surface area contributed by atoms with Gasteiger partial charge in [-0.05, 0) is 28.7 Å². The molecule has 3 N–H and O–H groups in total. The normalized spacial score (nSPS) is 11.4. The highest BCUT2D eigenvalue weighted by molar-refractivity contribution is 6.14. The Bertz CT molecular complexity index is 1190. The molecule has 0 fully saturated rings. The van der Waals surface area contributed by atoms with Crippen molar-refractivity contribution in [1.29, 1.82) is 0 Å². The number of H-pyrrole nitrogens is 1. The summed E-state index contributed by atoms with van der Waals surface area (Å²) in [4.78, 5) is 42.5. The molecule has 158 valence electrons. The summed E-state index contributed by atoms with van der Waals surface area (Å²) in [6.45, 7) is 8.44. The molecule has 30 heavy (non-hydrogen) atoms. The summed E-state index contributed by atoms with van der Waals surface area (Å²) in [6, 6.07) is 13.1. The van der Waals surface area contributed by atoms with Crippen molar-refractivity contribution in [2.24, 2.45) is 11.8 Å². The van der Waals surface area contributed by atoms with Gasteiger partial charge in [-0.25, -0.2) is 4.79 Å². The molecule has 0 unspecified atom stereocenters. The molecule has 7 heteroatoms. The smallest absolute Gasteiger partial charge is 0.330 e. The Morgan fingerprint density at radius 3 is 2.37 bits per heavy atom. The summed E-state index contributed by atoms with van der Waals surface area (Å²) in [5.41, 5.74) is 5.55. The van der Waals surface area contributed by atoms with Gasteiger partial charge < -0.3 is 10.6 Å². The number of hydrogen-bond donors (Lipinski definition) is 2. The molecule has 0 aliphatic carbocycles. The maximum atomic E-state index is 13.6. The fourth-order valence-electron chi connectivity index (χ4n) is 3.58. The van der Waals surface area contributed by atoms with E-state index < -0.39 is 11.2 Å². The summed E-state index contributed by atoms with van der Waals surface area (Å²) in [5.74, 6) is -0.108. The number of nitrogens with two attached hydrogens (primary N) is 1. The number of benzene rings is 2. The standard InChI is InChI=1S/C23H28N4O3/c1-14(2)12-26(19-20(24)27(13-15(3)4)23(30)25-21(19)28)22(29)18-11-7-9-16-8-5-6-10-17(16)18/h5-11,14-15H,12-13,24H2,1-4H3,(H,25,28,30).